The highest BCUT2D eigenvalue weighted by Gasteiger charge is 2.31. The highest BCUT2D eigenvalue weighted by atomic mass is 35.5. The van der Waals surface area contributed by atoms with Gasteiger partial charge in [0.2, 0.25) is 15.9 Å². The largest absolute Gasteiger partial charge is 0.353 e. The summed E-state index contributed by atoms with van der Waals surface area (Å²) in [5.41, 5.74) is 0.148. The van der Waals surface area contributed by atoms with Gasteiger partial charge in [0.15, 0.2) is 0 Å². The molecule has 0 radical (unpaired) electrons. The minimum absolute atomic E-state index is 0.148. The van der Waals surface area contributed by atoms with Crippen LogP contribution in [-0.2, 0) is 14.8 Å². The molecule has 0 aliphatic heterocycles. The van der Waals surface area contributed by atoms with Crippen LogP contribution in [0.3, 0.4) is 0 Å². The van der Waals surface area contributed by atoms with E-state index in [0.717, 1.165) is 21.5 Å². The number of carbonyl (C=O) groups excluding carboxylic acids is 1. The molecule has 0 spiro atoms. The Balaban J connectivity index is 2.09. The molecule has 1 amide bonds. The maximum Gasteiger partial charge on any atom is 0.243 e. The van der Waals surface area contributed by atoms with Gasteiger partial charge in [0.05, 0.1) is 17.0 Å². The van der Waals surface area contributed by atoms with Gasteiger partial charge < -0.3 is 5.32 Å². The number of hydrogen-bond donors (Lipinski definition) is 1. The average molecular weight is 445 g/mol. The van der Waals surface area contributed by atoms with Gasteiger partial charge >= 0.3 is 0 Å². The number of thioether (sulfide) groups is 1. The van der Waals surface area contributed by atoms with E-state index in [1.165, 1.54) is 12.1 Å². The zero-order chi connectivity index (χ0) is 20.7. The third-order valence-corrected chi connectivity index (χ3v) is 6.38. The SMILES string of the molecule is CC[C@H](C(=O)NCCSc1ccccc1)N(c1ccc(F)c(Cl)c1)S(C)(=O)=O. The summed E-state index contributed by atoms with van der Waals surface area (Å²) in [6, 6.07) is 12.4. The number of halogens is 2. The van der Waals surface area contributed by atoms with Gasteiger partial charge in [-0.2, -0.15) is 0 Å². The molecule has 0 unspecified atom stereocenters. The molecule has 0 heterocycles. The number of nitrogens with one attached hydrogen (secondary N) is 1. The van der Waals surface area contributed by atoms with E-state index >= 15 is 0 Å². The standard InChI is InChI=1S/C19H22ClFN2O3S2/c1-3-18(19(24)22-11-12-27-15-7-5-4-6-8-15)23(28(2,25)26)14-9-10-17(21)16(20)13-14/h4-10,13,18H,3,11-12H2,1-2H3,(H,22,24)/t18-/m1/s1. The van der Waals surface area contributed by atoms with Gasteiger partial charge in [-0.15, -0.1) is 11.8 Å². The zero-order valence-electron chi connectivity index (χ0n) is 15.6. The molecule has 2 aromatic rings. The van der Waals surface area contributed by atoms with Crippen LogP contribution < -0.4 is 9.62 Å². The Morgan fingerprint density at radius 3 is 2.50 bits per heavy atom. The summed E-state index contributed by atoms with van der Waals surface area (Å²) in [5.74, 6) is -0.427. The van der Waals surface area contributed by atoms with E-state index in [2.05, 4.69) is 5.32 Å². The lowest BCUT2D eigenvalue weighted by Crippen LogP contribution is -2.49. The van der Waals surface area contributed by atoms with Crippen LogP contribution in [0.5, 0.6) is 0 Å². The van der Waals surface area contributed by atoms with Crippen molar-refractivity contribution in [2.24, 2.45) is 0 Å². The van der Waals surface area contributed by atoms with E-state index in [9.17, 15) is 17.6 Å². The maximum absolute atomic E-state index is 13.5. The number of rotatable bonds is 9. The van der Waals surface area contributed by atoms with Crippen molar-refractivity contribution in [1.82, 2.24) is 5.32 Å². The van der Waals surface area contributed by atoms with Crippen molar-refractivity contribution >= 4 is 45.0 Å². The lowest BCUT2D eigenvalue weighted by atomic mass is 10.2. The Bertz CT molecular complexity index is 911. The molecule has 0 aromatic heterocycles. The molecule has 2 rings (SSSR count). The highest BCUT2D eigenvalue weighted by Crippen LogP contribution is 2.27. The van der Waals surface area contributed by atoms with Crippen LogP contribution in [0.4, 0.5) is 10.1 Å². The summed E-state index contributed by atoms with van der Waals surface area (Å²) in [5, 5.41) is 2.57. The van der Waals surface area contributed by atoms with Crippen LogP contribution in [-0.4, -0.2) is 38.9 Å². The molecule has 0 saturated carbocycles. The van der Waals surface area contributed by atoms with Crippen molar-refractivity contribution in [1.29, 1.82) is 0 Å². The van der Waals surface area contributed by atoms with Crippen LogP contribution in [0.1, 0.15) is 13.3 Å². The third kappa shape index (κ3) is 6.12. The van der Waals surface area contributed by atoms with E-state index < -0.39 is 27.8 Å². The normalized spacial score (nSPS) is 12.4. The van der Waals surface area contributed by atoms with Gasteiger partial charge in [0.1, 0.15) is 11.9 Å². The zero-order valence-corrected chi connectivity index (χ0v) is 18.0. The molecule has 0 bridgehead atoms. The number of benzene rings is 2. The topological polar surface area (TPSA) is 66.5 Å². The molecule has 28 heavy (non-hydrogen) atoms. The van der Waals surface area contributed by atoms with Crippen LogP contribution in [0.15, 0.2) is 53.4 Å². The van der Waals surface area contributed by atoms with Crippen molar-refractivity contribution in [3.63, 3.8) is 0 Å². The summed E-state index contributed by atoms with van der Waals surface area (Å²) in [6.07, 6.45) is 1.26. The Labute approximate surface area is 174 Å². The van der Waals surface area contributed by atoms with Crippen molar-refractivity contribution in [3.8, 4) is 0 Å². The molecule has 9 heteroatoms. The van der Waals surface area contributed by atoms with Crippen LogP contribution in [0.2, 0.25) is 5.02 Å². The van der Waals surface area contributed by atoms with Crippen molar-refractivity contribution in [3.05, 3.63) is 59.4 Å². The number of hydrogen-bond acceptors (Lipinski definition) is 4. The van der Waals surface area contributed by atoms with Gasteiger partial charge in [-0.05, 0) is 36.8 Å². The van der Waals surface area contributed by atoms with Gasteiger partial charge in [-0.3, -0.25) is 9.10 Å². The minimum atomic E-state index is -3.79. The van der Waals surface area contributed by atoms with E-state index in [4.69, 9.17) is 11.6 Å². The first-order valence-corrected chi connectivity index (χ1v) is 11.8. The second-order valence-corrected chi connectivity index (χ2v) is 9.47. The first-order valence-electron chi connectivity index (χ1n) is 8.64. The Hall–Kier alpha value is -1.77. The number of carbonyl (C=O) groups is 1. The molecular weight excluding hydrogens is 423 g/mol. The maximum atomic E-state index is 13.5. The first kappa shape index (κ1) is 22.5. The van der Waals surface area contributed by atoms with E-state index in [1.807, 2.05) is 30.3 Å². The molecule has 0 fully saturated rings. The first-order chi connectivity index (χ1) is 13.2. The summed E-state index contributed by atoms with van der Waals surface area (Å²) in [4.78, 5) is 13.8. The number of nitrogens with zero attached hydrogens (tertiary/aromatic N) is 1. The van der Waals surface area contributed by atoms with Gasteiger partial charge in [0, 0.05) is 17.2 Å². The number of anilines is 1. The predicted octanol–water partition coefficient (Wildman–Crippen LogP) is 3.93. The smallest absolute Gasteiger partial charge is 0.243 e. The van der Waals surface area contributed by atoms with Gasteiger partial charge in [-0.25, -0.2) is 12.8 Å². The monoisotopic (exact) mass is 444 g/mol. The summed E-state index contributed by atoms with van der Waals surface area (Å²) >= 11 is 7.39. The van der Waals surface area contributed by atoms with Crippen molar-refractivity contribution in [2.75, 3.05) is 22.9 Å². The molecule has 5 nitrogen and oxygen atoms in total. The Kier molecular flexibility index (Phi) is 8.15. The molecule has 1 N–H and O–H groups in total. The molecule has 0 aliphatic rings. The third-order valence-electron chi connectivity index (χ3n) is 3.90. The summed E-state index contributed by atoms with van der Waals surface area (Å²) in [7, 11) is -3.79. The van der Waals surface area contributed by atoms with E-state index in [-0.39, 0.29) is 17.1 Å². The van der Waals surface area contributed by atoms with E-state index in [0.29, 0.717) is 12.3 Å². The van der Waals surface area contributed by atoms with Crippen molar-refractivity contribution in [2.45, 2.75) is 24.3 Å². The molecule has 0 saturated heterocycles. The van der Waals surface area contributed by atoms with Crippen LogP contribution >= 0.6 is 23.4 Å². The summed E-state index contributed by atoms with van der Waals surface area (Å²) < 4.78 is 39.2. The molecule has 0 aliphatic carbocycles. The summed E-state index contributed by atoms with van der Waals surface area (Å²) in [6.45, 7) is 2.10. The van der Waals surface area contributed by atoms with Gasteiger partial charge in [0.25, 0.3) is 0 Å². The average Bonchev–Trinajstić information content (AvgIpc) is 2.65. The lowest BCUT2D eigenvalue weighted by molar-refractivity contribution is -0.122. The fraction of sp³-hybridized carbons (Fsp3) is 0.316. The lowest BCUT2D eigenvalue weighted by Gasteiger charge is -2.30. The van der Waals surface area contributed by atoms with E-state index in [1.54, 1.807) is 18.7 Å². The minimum Gasteiger partial charge on any atom is -0.353 e. The fourth-order valence-corrected chi connectivity index (χ4v) is 4.83. The fourth-order valence-electron chi connectivity index (χ4n) is 2.66. The highest BCUT2D eigenvalue weighted by molar-refractivity contribution is 7.99. The number of sulfonamides is 1. The molecule has 1 atom stereocenters. The van der Waals surface area contributed by atoms with Crippen LogP contribution in [0.25, 0.3) is 0 Å². The Morgan fingerprint density at radius 2 is 1.93 bits per heavy atom. The molecule has 152 valence electrons. The van der Waals surface area contributed by atoms with Gasteiger partial charge in [-0.1, -0.05) is 36.7 Å². The van der Waals surface area contributed by atoms with Crippen molar-refractivity contribution < 1.29 is 17.6 Å². The Morgan fingerprint density at radius 1 is 1.25 bits per heavy atom. The second-order valence-electron chi connectivity index (χ2n) is 6.03. The molecular formula is C19H22ClFN2O3S2. The molecule has 2 aromatic carbocycles. The number of amides is 1. The van der Waals surface area contributed by atoms with Crippen LogP contribution in [0, 0.1) is 5.82 Å². The second kappa shape index (κ2) is 10.1. The predicted molar refractivity (Wildman–Crippen MR) is 113 cm³/mol. The quantitative estimate of drug-likeness (QED) is 0.470.